The van der Waals surface area contributed by atoms with Crippen molar-refractivity contribution in [2.45, 2.75) is 13.3 Å². The fraction of sp³-hybridized carbons (Fsp3) is 0.300. The summed E-state index contributed by atoms with van der Waals surface area (Å²) in [5.74, 6) is 0. The standard InChI is InChI=1S/C10H13NS2/c1-3-8-6-4-5-7-9(8)11-10(12)13-2/h4-7H,3H2,1-2H3,(H,11,12). The number of thioether (sulfide) groups is 1. The Balaban J connectivity index is 2.81. The zero-order chi connectivity index (χ0) is 9.68. The van der Waals surface area contributed by atoms with E-state index < -0.39 is 0 Å². The number of aryl methyl sites for hydroxylation is 1. The zero-order valence-electron chi connectivity index (χ0n) is 7.83. The van der Waals surface area contributed by atoms with Gasteiger partial charge in [0.05, 0.1) is 0 Å². The van der Waals surface area contributed by atoms with Crippen molar-refractivity contribution in [2.75, 3.05) is 11.6 Å². The van der Waals surface area contributed by atoms with Gasteiger partial charge < -0.3 is 5.32 Å². The molecule has 13 heavy (non-hydrogen) atoms. The first kappa shape index (κ1) is 10.5. The molecule has 1 rings (SSSR count). The van der Waals surface area contributed by atoms with Crippen molar-refractivity contribution in [1.82, 2.24) is 0 Å². The second kappa shape index (κ2) is 5.25. The highest BCUT2D eigenvalue weighted by Crippen LogP contribution is 2.16. The molecule has 70 valence electrons. The molecule has 0 aliphatic rings. The Morgan fingerprint density at radius 3 is 2.77 bits per heavy atom. The van der Waals surface area contributed by atoms with Gasteiger partial charge >= 0.3 is 0 Å². The lowest BCUT2D eigenvalue weighted by Crippen LogP contribution is -2.05. The summed E-state index contributed by atoms with van der Waals surface area (Å²) in [5.41, 5.74) is 2.43. The maximum Gasteiger partial charge on any atom is 0.137 e. The van der Waals surface area contributed by atoms with E-state index in [0.29, 0.717) is 0 Å². The molecular weight excluding hydrogens is 198 g/mol. The summed E-state index contributed by atoms with van der Waals surface area (Å²) in [5, 5.41) is 3.21. The van der Waals surface area contributed by atoms with Crippen molar-refractivity contribution in [3.8, 4) is 0 Å². The lowest BCUT2D eigenvalue weighted by atomic mass is 10.1. The fourth-order valence-electron chi connectivity index (χ4n) is 1.11. The minimum absolute atomic E-state index is 0.820. The molecule has 0 amide bonds. The molecule has 1 N–H and O–H groups in total. The predicted octanol–water partition coefficient (Wildman–Crippen LogP) is 3.31. The van der Waals surface area contributed by atoms with Gasteiger partial charge in [0, 0.05) is 5.69 Å². The number of benzene rings is 1. The highest BCUT2D eigenvalue weighted by Gasteiger charge is 2.00. The van der Waals surface area contributed by atoms with Crippen LogP contribution in [0.25, 0.3) is 0 Å². The van der Waals surface area contributed by atoms with E-state index >= 15 is 0 Å². The van der Waals surface area contributed by atoms with E-state index in [4.69, 9.17) is 12.2 Å². The molecule has 0 radical (unpaired) electrons. The smallest absolute Gasteiger partial charge is 0.137 e. The third-order valence-electron chi connectivity index (χ3n) is 1.82. The van der Waals surface area contributed by atoms with Crippen LogP contribution in [0.3, 0.4) is 0 Å². The van der Waals surface area contributed by atoms with E-state index in [-0.39, 0.29) is 0 Å². The van der Waals surface area contributed by atoms with E-state index in [9.17, 15) is 0 Å². The topological polar surface area (TPSA) is 12.0 Å². The van der Waals surface area contributed by atoms with Crippen LogP contribution in [0.5, 0.6) is 0 Å². The monoisotopic (exact) mass is 211 g/mol. The predicted molar refractivity (Wildman–Crippen MR) is 65.6 cm³/mol. The van der Waals surface area contributed by atoms with Crippen molar-refractivity contribution in [1.29, 1.82) is 0 Å². The zero-order valence-corrected chi connectivity index (χ0v) is 9.47. The minimum atomic E-state index is 0.820. The SMILES string of the molecule is CCc1ccccc1NC(=S)SC. The van der Waals surface area contributed by atoms with E-state index in [1.54, 1.807) is 11.8 Å². The molecule has 1 aromatic rings. The summed E-state index contributed by atoms with van der Waals surface area (Å²) in [6, 6.07) is 8.24. The largest absolute Gasteiger partial charge is 0.341 e. The summed E-state index contributed by atoms with van der Waals surface area (Å²) >= 11 is 6.66. The van der Waals surface area contributed by atoms with Gasteiger partial charge in [0.1, 0.15) is 4.32 Å². The van der Waals surface area contributed by atoms with Gasteiger partial charge in [-0.25, -0.2) is 0 Å². The summed E-state index contributed by atoms with van der Waals surface area (Å²) in [4.78, 5) is 0. The fourth-order valence-corrected chi connectivity index (χ4v) is 1.43. The molecule has 0 unspecified atom stereocenters. The van der Waals surface area contributed by atoms with Crippen LogP contribution in [0.4, 0.5) is 5.69 Å². The van der Waals surface area contributed by atoms with Crippen LogP contribution in [0.15, 0.2) is 24.3 Å². The van der Waals surface area contributed by atoms with Gasteiger partial charge in [-0.15, -0.1) is 11.8 Å². The molecule has 1 aromatic carbocycles. The third kappa shape index (κ3) is 3.01. The Labute approximate surface area is 88.9 Å². The van der Waals surface area contributed by atoms with Gasteiger partial charge in [0.2, 0.25) is 0 Å². The molecular formula is C10H13NS2. The Bertz CT molecular complexity index is 297. The van der Waals surface area contributed by atoms with Crippen molar-refractivity contribution in [2.24, 2.45) is 0 Å². The maximum atomic E-state index is 5.10. The first-order chi connectivity index (χ1) is 6.27. The summed E-state index contributed by atoms with van der Waals surface area (Å²) in [6.07, 6.45) is 3.00. The molecule has 1 nitrogen and oxygen atoms in total. The first-order valence-corrected chi connectivity index (χ1v) is 5.84. The summed E-state index contributed by atoms with van der Waals surface area (Å²) in [7, 11) is 0. The molecule has 0 fully saturated rings. The number of anilines is 1. The van der Waals surface area contributed by atoms with Crippen LogP contribution in [0, 0.1) is 0 Å². The second-order valence-corrected chi connectivity index (χ2v) is 4.11. The molecule has 3 heteroatoms. The molecule has 0 bridgehead atoms. The van der Waals surface area contributed by atoms with Gasteiger partial charge in [0.15, 0.2) is 0 Å². The van der Waals surface area contributed by atoms with Crippen molar-refractivity contribution in [3.05, 3.63) is 29.8 Å². The Morgan fingerprint density at radius 2 is 2.15 bits per heavy atom. The van der Waals surface area contributed by atoms with E-state index in [1.165, 1.54) is 5.56 Å². The number of rotatable bonds is 2. The number of hydrogen-bond acceptors (Lipinski definition) is 2. The van der Waals surface area contributed by atoms with Crippen LogP contribution in [-0.4, -0.2) is 10.6 Å². The van der Waals surface area contributed by atoms with Crippen LogP contribution in [0.1, 0.15) is 12.5 Å². The Hall–Kier alpha value is -0.540. The molecule has 0 aliphatic carbocycles. The van der Waals surface area contributed by atoms with Crippen molar-refractivity contribution < 1.29 is 0 Å². The second-order valence-electron chi connectivity index (χ2n) is 2.63. The van der Waals surface area contributed by atoms with E-state index in [2.05, 4.69) is 24.4 Å². The van der Waals surface area contributed by atoms with Gasteiger partial charge in [-0.1, -0.05) is 37.3 Å². The third-order valence-corrected chi connectivity index (χ3v) is 2.90. The van der Waals surface area contributed by atoms with Crippen LogP contribution < -0.4 is 5.32 Å². The van der Waals surface area contributed by atoms with Gasteiger partial charge in [-0.2, -0.15) is 0 Å². The van der Waals surface area contributed by atoms with Crippen molar-refractivity contribution >= 4 is 34.0 Å². The van der Waals surface area contributed by atoms with Gasteiger partial charge in [-0.3, -0.25) is 0 Å². The Morgan fingerprint density at radius 1 is 1.46 bits per heavy atom. The molecule has 0 saturated heterocycles. The van der Waals surface area contributed by atoms with Crippen molar-refractivity contribution in [3.63, 3.8) is 0 Å². The van der Waals surface area contributed by atoms with E-state index in [0.717, 1.165) is 16.4 Å². The molecule has 0 aliphatic heterocycles. The number of hydrogen-bond donors (Lipinski definition) is 1. The molecule has 0 atom stereocenters. The number of para-hydroxylation sites is 1. The van der Waals surface area contributed by atoms with E-state index in [1.807, 2.05) is 18.4 Å². The highest BCUT2D eigenvalue weighted by atomic mass is 32.2. The average Bonchev–Trinajstić information content (AvgIpc) is 2.18. The van der Waals surface area contributed by atoms with Gasteiger partial charge in [0.25, 0.3) is 0 Å². The lowest BCUT2D eigenvalue weighted by molar-refractivity contribution is 1.14. The average molecular weight is 211 g/mol. The summed E-state index contributed by atoms with van der Waals surface area (Å²) in [6.45, 7) is 2.14. The summed E-state index contributed by atoms with van der Waals surface area (Å²) < 4.78 is 0.820. The number of thiocarbonyl (C=S) groups is 1. The highest BCUT2D eigenvalue weighted by molar-refractivity contribution is 8.22. The van der Waals surface area contributed by atoms with Crippen LogP contribution in [-0.2, 0) is 6.42 Å². The quantitative estimate of drug-likeness (QED) is 0.754. The molecule has 0 aromatic heterocycles. The minimum Gasteiger partial charge on any atom is -0.341 e. The van der Waals surface area contributed by atoms with Crippen LogP contribution in [0.2, 0.25) is 0 Å². The lowest BCUT2D eigenvalue weighted by Gasteiger charge is -2.09. The van der Waals surface area contributed by atoms with Gasteiger partial charge in [-0.05, 0) is 24.3 Å². The van der Waals surface area contributed by atoms with Crippen LogP contribution >= 0.6 is 24.0 Å². The first-order valence-electron chi connectivity index (χ1n) is 4.20. The number of nitrogens with one attached hydrogen (secondary N) is 1. The molecule has 0 heterocycles. The molecule has 0 saturated carbocycles. The maximum absolute atomic E-state index is 5.10. The Kier molecular flexibility index (Phi) is 4.25. The molecule has 0 spiro atoms. The normalized spacial score (nSPS) is 9.69.